The van der Waals surface area contributed by atoms with Crippen LogP contribution < -0.4 is 5.43 Å². The maximum Gasteiger partial charge on any atom is 0.127 e. The molecule has 88 valence electrons. The van der Waals surface area contributed by atoms with Crippen LogP contribution in [-0.4, -0.2) is 30.5 Å². The van der Waals surface area contributed by atoms with Gasteiger partial charge in [0.25, 0.3) is 0 Å². The summed E-state index contributed by atoms with van der Waals surface area (Å²) in [4.78, 5) is 4.16. The molecule has 1 aromatic rings. The molecule has 4 rings (SSSR count). The first-order valence-corrected chi connectivity index (χ1v) is 5.91. The van der Waals surface area contributed by atoms with Gasteiger partial charge in [-0.1, -0.05) is 49.7 Å². The molecule has 0 saturated carbocycles. The fourth-order valence-electron chi connectivity index (χ4n) is 1.41. The second-order valence-electron chi connectivity index (χ2n) is 3.52. The van der Waals surface area contributed by atoms with Crippen LogP contribution in [0.25, 0.3) is 0 Å². The molecule has 0 aliphatic carbocycles. The van der Waals surface area contributed by atoms with E-state index in [0.717, 1.165) is 25.5 Å². The monoisotopic (exact) mass is 219 g/mol. The van der Waals surface area contributed by atoms with E-state index in [9.17, 15) is 0 Å². The number of hydrogen-bond acceptors (Lipinski definition) is 3. The van der Waals surface area contributed by atoms with Gasteiger partial charge in [-0.05, 0) is 6.92 Å². The summed E-state index contributed by atoms with van der Waals surface area (Å²) in [7, 11) is 0. The first-order chi connectivity index (χ1) is 7.84. The van der Waals surface area contributed by atoms with Gasteiger partial charge in [-0.15, -0.1) is 0 Å². The van der Waals surface area contributed by atoms with Crippen molar-refractivity contribution in [2.75, 3.05) is 19.6 Å². The summed E-state index contributed by atoms with van der Waals surface area (Å²) in [5, 5.41) is 2.16. The van der Waals surface area contributed by atoms with Crippen LogP contribution in [0.1, 0.15) is 19.4 Å². The first kappa shape index (κ1) is 12.7. The minimum Gasteiger partial charge on any atom is -0.305 e. The molecule has 1 aromatic carbocycles. The van der Waals surface area contributed by atoms with E-state index in [1.807, 2.05) is 32.0 Å². The predicted octanol–water partition coefficient (Wildman–Crippen LogP) is 2.24. The smallest absolute Gasteiger partial charge is 0.127 e. The number of aryl methyl sites for hydroxylation is 1. The van der Waals surface area contributed by atoms with Gasteiger partial charge in [-0.25, -0.2) is 5.01 Å². The van der Waals surface area contributed by atoms with E-state index in [2.05, 4.69) is 34.5 Å². The lowest BCUT2D eigenvalue weighted by Crippen LogP contribution is -2.62. The summed E-state index contributed by atoms with van der Waals surface area (Å²) >= 11 is 0. The average molecular weight is 219 g/mol. The normalized spacial score (nSPS) is 19.7. The molecule has 3 aliphatic rings. The van der Waals surface area contributed by atoms with Crippen molar-refractivity contribution in [2.45, 2.75) is 20.8 Å². The number of aliphatic imine (C=N–C) groups is 1. The zero-order valence-corrected chi connectivity index (χ0v) is 10.4. The van der Waals surface area contributed by atoms with Crippen molar-refractivity contribution in [2.24, 2.45) is 4.99 Å². The van der Waals surface area contributed by atoms with Crippen molar-refractivity contribution in [3.05, 3.63) is 35.9 Å². The quantitative estimate of drug-likeness (QED) is 0.724. The molecule has 1 N–H and O–H groups in total. The molecule has 0 spiro atoms. The lowest BCUT2D eigenvalue weighted by atomic mass is 10.2. The largest absolute Gasteiger partial charge is 0.305 e. The van der Waals surface area contributed by atoms with E-state index in [0.29, 0.717) is 0 Å². The summed E-state index contributed by atoms with van der Waals surface area (Å²) < 4.78 is 0. The third-order valence-corrected chi connectivity index (χ3v) is 2.24. The number of hydrogen-bond donors (Lipinski definition) is 1. The molecule has 1 atom stereocenters. The van der Waals surface area contributed by atoms with Crippen LogP contribution in [-0.2, 0) is 0 Å². The highest BCUT2D eigenvalue weighted by atomic mass is 15.6. The van der Waals surface area contributed by atoms with Gasteiger partial charge in [-0.3, -0.25) is 4.99 Å². The maximum atomic E-state index is 4.16. The van der Waals surface area contributed by atoms with E-state index in [-0.39, 0.29) is 0 Å². The van der Waals surface area contributed by atoms with Crippen LogP contribution in [0.2, 0.25) is 0 Å². The molecule has 3 heterocycles. The number of rotatable bonds is 0. The Morgan fingerprint density at radius 3 is 2.00 bits per heavy atom. The Labute approximate surface area is 98.2 Å². The van der Waals surface area contributed by atoms with Gasteiger partial charge in [0.2, 0.25) is 0 Å². The third-order valence-electron chi connectivity index (χ3n) is 2.24. The van der Waals surface area contributed by atoms with Gasteiger partial charge in [0.1, 0.15) is 5.84 Å². The van der Waals surface area contributed by atoms with Crippen LogP contribution >= 0.6 is 0 Å². The molecule has 3 heteroatoms. The minimum atomic E-state index is 0.988. The average Bonchev–Trinajstić information content (AvgIpc) is 2.34. The highest BCUT2D eigenvalue weighted by Crippen LogP contribution is 2.01. The highest BCUT2D eigenvalue weighted by molar-refractivity contribution is 5.88. The van der Waals surface area contributed by atoms with Gasteiger partial charge >= 0.3 is 0 Å². The van der Waals surface area contributed by atoms with E-state index < -0.39 is 0 Å². The Morgan fingerprint density at radius 1 is 1.19 bits per heavy atom. The van der Waals surface area contributed by atoms with Gasteiger partial charge in [0.05, 0.1) is 13.1 Å². The number of hydrazine groups is 1. The molecule has 1 unspecified atom stereocenters. The second kappa shape index (κ2) is 7.01. The summed E-state index contributed by atoms with van der Waals surface area (Å²) in [5.74, 6) is 1.16. The molecular formula is C13H21N3. The molecular weight excluding hydrogens is 198 g/mol. The highest BCUT2D eigenvalue weighted by Gasteiger charge is 2.22. The number of benzene rings is 1. The van der Waals surface area contributed by atoms with Crippen LogP contribution in [0.5, 0.6) is 0 Å². The molecule has 2 bridgehead atoms. The van der Waals surface area contributed by atoms with Crippen LogP contribution in [0.3, 0.4) is 0 Å². The van der Waals surface area contributed by atoms with Crippen LogP contribution in [0.15, 0.2) is 35.3 Å². The Morgan fingerprint density at radius 2 is 1.81 bits per heavy atom. The van der Waals surface area contributed by atoms with Crippen molar-refractivity contribution >= 4 is 5.84 Å². The zero-order valence-electron chi connectivity index (χ0n) is 10.4. The summed E-state index contributed by atoms with van der Waals surface area (Å²) in [6, 6.07) is 10.3. The zero-order chi connectivity index (χ0) is 11.8. The van der Waals surface area contributed by atoms with Crippen molar-refractivity contribution in [3.8, 4) is 0 Å². The summed E-state index contributed by atoms with van der Waals surface area (Å²) in [6.07, 6.45) is 0. The molecule has 0 aromatic heterocycles. The van der Waals surface area contributed by atoms with Gasteiger partial charge in [0.15, 0.2) is 0 Å². The maximum absolute atomic E-state index is 4.16. The van der Waals surface area contributed by atoms with E-state index in [4.69, 9.17) is 0 Å². The van der Waals surface area contributed by atoms with Crippen LogP contribution in [0, 0.1) is 6.92 Å². The lowest BCUT2D eigenvalue weighted by molar-refractivity contribution is 0.201. The standard InChI is InChI=1S/C7H8.C4H7N3.C2H6/c1-7-5-3-2-4-6-7;1-2-7-3-4(5-1)6-7;1-2/h2-6H,1H3;1-3H2,(H,5,6);1-2H3. The molecule has 0 radical (unpaired) electrons. The predicted molar refractivity (Wildman–Crippen MR) is 69.5 cm³/mol. The SMILES string of the molecule is C1CN2CC(=N1)N2.CC.Cc1ccccc1. The number of nitrogens with zero attached hydrogens (tertiary/aromatic N) is 2. The Bertz CT molecular complexity index is 311. The van der Waals surface area contributed by atoms with Gasteiger partial charge in [-0.2, -0.15) is 0 Å². The summed E-state index contributed by atoms with van der Waals surface area (Å²) in [5.41, 5.74) is 4.38. The molecule has 16 heavy (non-hydrogen) atoms. The number of fused-ring (bicyclic) bond motifs is 2. The topological polar surface area (TPSA) is 27.6 Å². The number of nitrogens with one attached hydrogen (secondary N) is 1. The van der Waals surface area contributed by atoms with E-state index >= 15 is 0 Å². The lowest BCUT2D eigenvalue weighted by Gasteiger charge is -2.37. The third kappa shape index (κ3) is 4.03. The fraction of sp³-hybridized carbons (Fsp3) is 0.462. The minimum absolute atomic E-state index is 0.988. The van der Waals surface area contributed by atoms with Crippen molar-refractivity contribution < 1.29 is 0 Å². The fourth-order valence-corrected chi connectivity index (χ4v) is 1.41. The van der Waals surface area contributed by atoms with Gasteiger partial charge < -0.3 is 5.43 Å². The Balaban J connectivity index is 0.000000139. The molecule has 1 saturated heterocycles. The number of amidine groups is 1. The molecule has 0 amide bonds. The van der Waals surface area contributed by atoms with Gasteiger partial charge in [0, 0.05) is 6.54 Å². The van der Waals surface area contributed by atoms with E-state index in [1.54, 1.807) is 0 Å². The summed E-state index contributed by atoms with van der Waals surface area (Å²) in [6.45, 7) is 9.21. The Kier molecular flexibility index (Phi) is 5.57. The van der Waals surface area contributed by atoms with E-state index in [1.165, 1.54) is 5.56 Å². The van der Waals surface area contributed by atoms with Crippen molar-refractivity contribution in [1.29, 1.82) is 0 Å². The molecule has 3 nitrogen and oxygen atoms in total. The molecule has 3 aliphatic heterocycles. The Hall–Kier alpha value is -1.35. The van der Waals surface area contributed by atoms with Crippen molar-refractivity contribution in [3.63, 3.8) is 0 Å². The van der Waals surface area contributed by atoms with Crippen LogP contribution in [0.4, 0.5) is 0 Å². The second-order valence-corrected chi connectivity index (χ2v) is 3.52. The molecule has 1 fully saturated rings. The van der Waals surface area contributed by atoms with Crippen molar-refractivity contribution in [1.82, 2.24) is 10.4 Å². The first-order valence-electron chi connectivity index (χ1n) is 5.91.